The molecular formula is C13H10BrN3. The lowest BCUT2D eigenvalue weighted by atomic mass is 10.2. The van der Waals surface area contributed by atoms with Gasteiger partial charge in [0.1, 0.15) is 17.6 Å². The van der Waals surface area contributed by atoms with Crippen molar-refractivity contribution < 1.29 is 0 Å². The number of pyridine rings is 1. The number of benzene rings is 1. The number of nitrogens with zero attached hydrogens (tertiary/aromatic N) is 2. The highest BCUT2D eigenvalue weighted by molar-refractivity contribution is 9.10. The van der Waals surface area contributed by atoms with Crippen molar-refractivity contribution in [3.63, 3.8) is 0 Å². The van der Waals surface area contributed by atoms with Crippen LogP contribution in [0.15, 0.2) is 46.9 Å². The molecule has 1 aromatic heterocycles. The summed E-state index contributed by atoms with van der Waals surface area (Å²) in [6, 6.07) is 15.3. The molecule has 0 aliphatic carbocycles. The highest BCUT2D eigenvalue weighted by Gasteiger charge is 1.99. The van der Waals surface area contributed by atoms with E-state index < -0.39 is 0 Å². The average Bonchev–Trinajstić information content (AvgIpc) is 2.38. The zero-order chi connectivity index (χ0) is 12.1. The molecule has 1 N–H and O–H groups in total. The molecule has 0 bridgehead atoms. The van der Waals surface area contributed by atoms with Gasteiger partial charge < -0.3 is 5.32 Å². The third kappa shape index (κ3) is 3.05. The van der Waals surface area contributed by atoms with E-state index in [1.165, 1.54) is 0 Å². The quantitative estimate of drug-likeness (QED) is 0.942. The molecule has 0 saturated carbocycles. The van der Waals surface area contributed by atoms with Gasteiger partial charge in [0.25, 0.3) is 0 Å². The molecule has 0 unspecified atom stereocenters. The van der Waals surface area contributed by atoms with Crippen molar-refractivity contribution in [2.45, 2.75) is 6.54 Å². The Morgan fingerprint density at radius 2 is 2.00 bits per heavy atom. The summed E-state index contributed by atoms with van der Waals surface area (Å²) in [7, 11) is 0. The summed E-state index contributed by atoms with van der Waals surface area (Å²) in [5.74, 6) is 0.708. The number of nitrogens with one attached hydrogen (secondary N) is 1. The van der Waals surface area contributed by atoms with Gasteiger partial charge in [-0.1, -0.05) is 40.2 Å². The topological polar surface area (TPSA) is 48.7 Å². The maximum Gasteiger partial charge on any atom is 0.142 e. The van der Waals surface area contributed by atoms with Crippen molar-refractivity contribution in [3.05, 3.63) is 58.2 Å². The predicted octanol–water partition coefficient (Wildman–Crippen LogP) is 3.33. The number of hydrogen-bond donors (Lipinski definition) is 1. The maximum atomic E-state index is 8.74. The summed E-state index contributed by atoms with van der Waals surface area (Å²) < 4.78 is 1.06. The zero-order valence-corrected chi connectivity index (χ0v) is 10.6. The van der Waals surface area contributed by atoms with Gasteiger partial charge in [-0.05, 0) is 23.8 Å². The Balaban J connectivity index is 2.08. The van der Waals surface area contributed by atoms with E-state index in [1.54, 1.807) is 6.07 Å². The smallest absolute Gasteiger partial charge is 0.142 e. The van der Waals surface area contributed by atoms with Crippen molar-refractivity contribution in [2.75, 3.05) is 5.32 Å². The Labute approximate surface area is 108 Å². The van der Waals surface area contributed by atoms with Crippen molar-refractivity contribution in [3.8, 4) is 6.07 Å². The molecule has 17 heavy (non-hydrogen) atoms. The number of rotatable bonds is 3. The fraction of sp³-hybridized carbons (Fsp3) is 0.0769. The van der Waals surface area contributed by atoms with E-state index in [2.05, 4.69) is 26.2 Å². The summed E-state index contributed by atoms with van der Waals surface area (Å²) in [6.45, 7) is 0.670. The third-order valence-corrected chi connectivity index (χ3v) is 3.06. The van der Waals surface area contributed by atoms with E-state index in [0.717, 1.165) is 10.0 Å². The van der Waals surface area contributed by atoms with Gasteiger partial charge in [0.2, 0.25) is 0 Å². The van der Waals surface area contributed by atoms with Gasteiger partial charge in [0.15, 0.2) is 0 Å². The molecule has 2 aromatic rings. The van der Waals surface area contributed by atoms with Crippen LogP contribution in [0.2, 0.25) is 0 Å². The number of nitriles is 1. The van der Waals surface area contributed by atoms with Crippen molar-refractivity contribution in [2.24, 2.45) is 0 Å². The van der Waals surface area contributed by atoms with Gasteiger partial charge in [-0.2, -0.15) is 5.26 Å². The molecule has 3 nitrogen and oxygen atoms in total. The normalized spacial score (nSPS) is 9.65. The fourth-order valence-corrected chi connectivity index (χ4v) is 1.85. The van der Waals surface area contributed by atoms with Crippen LogP contribution < -0.4 is 5.32 Å². The summed E-state index contributed by atoms with van der Waals surface area (Å²) in [4.78, 5) is 4.15. The summed E-state index contributed by atoms with van der Waals surface area (Å²) in [5.41, 5.74) is 1.57. The number of hydrogen-bond acceptors (Lipinski definition) is 3. The van der Waals surface area contributed by atoms with E-state index in [1.807, 2.05) is 42.5 Å². The van der Waals surface area contributed by atoms with Crippen LogP contribution in [0.1, 0.15) is 11.3 Å². The zero-order valence-electron chi connectivity index (χ0n) is 9.02. The molecular weight excluding hydrogens is 278 g/mol. The van der Waals surface area contributed by atoms with E-state index in [4.69, 9.17) is 5.26 Å². The molecule has 1 aromatic carbocycles. The van der Waals surface area contributed by atoms with Crippen LogP contribution in [0.25, 0.3) is 0 Å². The Morgan fingerprint density at radius 1 is 1.18 bits per heavy atom. The van der Waals surface area contributed by atoms with Gasteiger partial charge in [-0.25, -0.2) is 4.98 Å². The third-order valence-electron chi connectivity index (χ3n) is 2.28. The molecule has 0 amide bonds. The lowest BCUT2D eigenvalue weighted by Crippen LogP contribution is -2.02. The van der Waals surface area contributed by atoms with Crippen LogP contribution in [0.5, 0.6) is 0 Å². The van der Waals surface area contributed by atoms with Crippen LogP contribution in [0.3, 0.4) is 0 Å². The molecule has 0 aliphatic heterocycles. The van der Waals surface area contributed by atoms with E-state index in [0.29, 0.717) is 18.1 Å². The van der Waals surface area contributed by atoms with Crippen LogP contribution in [0, 0.1) is 11.3 Å². The number of halogens is 1. The minimum Gasteiger partial charge on any atom is -0.366 e. The minimum atomic E-state index is 0.419. The molecule has 0 radical (unpaired) electrons. The highest BCUT2D eigenvalue weighted by atomic mass is 79.9. The first-order chi connectivity index (χ1) is 8.29. The largest absolute Gasteiger partial charge is 0.366 e. The van der Waals surface area contributed by atoms with Crippen LogP contribution in [-0.4, -0.2) is 4.98 Å². The maximum absolute atomic E-state index is 8.74. The summed E-state index contributed by atoms with van der Waals surface area (Å²) >= 11 is 3.49. The number of anilines is 1. The second-order valence-electron chi connectivity index (χ2n) is 3.46. The van der Waals surface area contributed by atoms with E-state index in [-0.39, 0.29) is 0 Å². The Hall–Kier alpha value is -1.86. The molecule has 84 valence electrons. The van der Waals surface area contributed by atoms with Crippen molar-refractivity contribution >= 4 is 21.7 Å². The fourth-order valence-electron chi connectivity index (χ4n) is 1.42. The summed E-state index contributed by atoms with van der Waals surface area (Å²) in [6.07, 6.45) is 0. The second-order valence-corrected chi connectivity index (χ2v) is 4.32. The molecule has 0 atom stereocenters. The lowest BCUT2D eigenvalue weighted by molar-refractivity contribution is 1.10. The molecule has 2 rings (SSSR count). The molecule has 0 spiro atoms. The number of aromatic nitrogens is 1. The first kappa shape index (κ1) is 11.6. The molecule has 0 fully saturated rings. The van der Waals surface area contributed by atoms with Crippen LogP contribution in [0.4, 0.5) is 5.82 Å². The van der Waals surface area contributed by atoms with Crippen LogP contribution in [-0.2, 0) is 6.54 Å². The summed E-state index contributed by atoms with van der Waals surface area (Å²) in [5, 5.41) is 11.9. The van der Waals surface area contributed by atoms with Gasteiger partial charge in [0, 0.05) is 11.0 Å². The minimum absolute atomic E-state index is 0.419. The lowest BCUT2D eigenvalue weighted by Gasteiger charge is -2.07. The average molecular weight is 288 g/mol. The standard InChI is InChI=1S/C13H10BrN3/c14-12-6-2-1-4-10(12)9-16-13-7-3-5-11(8-15)17-13/h1-7H,9H2,(H,16,17). The first-order valence-corrected chi connectivity index (χ1v) is 5.93. The Kier molecular flexibility index (Phi) is 3.73. The Morgan fingerprint density at radius 3 is 2.76 bits per heavy atom. The Bertz CT molecular complexity index is 561. The first-order valence-electron chi connectivity index (χ1n) is 5.14. The van der Waals surface area contributed by atoms with Gasteiger partial charge in [-0.15, -0.1) is 0 Å². The predicted molar refractivity (Wildman–Crippen MR) is 70.4 cm³/mol. The monoisotopic (exact) mass is 287 g/mol. The highest BCUT2D eigenvalue weighted by Crippen LogP contribution is 2.17. The molecule has 0 aliphatic rings. The molecule has 1 heterocycles. The van der Waals surface area contributed by atoms with E-state index in [9.17, 15) is 0 Å². The SMILES string of the molecule is N#Cc1cccc(NCc2ccccc2Br)n1. The van der Waals surface area contributed by atoms with Gasteiger partial charge in [-0.3, -0.25) is 0 Å². The molecule has 4 heteroatoms. The van der Waals surface area contributed by atoms with Crippen molar-refractivity contribution in [1.29, 1.82) is 5.26 Å². The second kappa shape index (κ2) is 5.46. The van der Waals surface area contributed by atoms with Gasteiger partial charge >= 0.3 is 0 Å². The van der Waals surface area contributed by atoms with Crippen molar-refractivity contribution in [1.82, 2.24) is 4.98 Å². The van der Waals surface area contributed by atoms with Gasteiger partial charge in [0.05, 0.1) is 0 Å². The van der Waals surface area contributed by atoms with Crippen LogP contribution >= 0.6 is 15.9 Å². The molecule has 0 saturated heterocycles. The van der Waals surface area contributed by atoms with E-state index >= 15 is 0 Å².